The van der Waals surface area contributed by atoms with Crippen molar-refractivity contribution in [2.24, 2.45) is 0 Å². The Morgan fingerprint density at radius 3 is 1.33 bits per heavy atom. The summed E-state index contributed by atoms with van der Waals surface area (Å²) >= 11 is 0. The molecule has 10 rings (SSSR count). The highest BCUT2D eigenvalue weighted by molar-refractivity contribution is 5.90. The summed E-state index contributed by atoms with van der Waals surface area (Å²) in [7, 11) is 0. The smallest absolute Gasteiger partial charge is 0.319 e. The number of anilines is 4. The number of amides is 6. The Kier molecular flexibility index (Phi) is 13.8. The van der Waals surface area contributed by atoms with Gasteiger partial charge in [-0.05, 0) is 101 Å². The number of piperidine rings is 2. The number of aromatic nitrogens is 4. The van der Waals surface area contributed by atoms with Gasteiger partial charge >= 0.3 is 12.1 Å². The number of carbonyl (C=O) groups excluding carboxylic acids is 4. The average molecular weight is 901 g/mol. The fourth-order valence-electron chi connectivity index (χ4n) is 9.85. The molecule has 348 valence electrons. The Morgan fingerprint density at radius 2 is 0.955 bits per heavy atom. The first-order chi connectivity index (χ1) is 32.3. The number of benzene rings is 2. The second-order valence-electron chi connectivity index (χ2n) is 17.3. The lowest BCUT2D eigenvalue weighted by atomic mass is 9.90. The van der Waals surface area contributed by atoms with Crippen LogP contribution in [0.5, 0.6) is 0 Å². The Hall–Kier alpha value is -6.40. The highest BCUT2D eigenvalue weighted by atomic mass is 16.5. The van der Waals surface area contributed by atoms with E-state index in [9.17, 15) is 19.2 Å². The number of ether oxygens (including phenoxy) is 2. The fraction of sp³-hybridized carbons (Fsp3) is 0.500. The van der Waals surface area contributed by atoms with E-state index in [1.807, 2.05) is 72.2 Å². The largest absolute Gasteiger partial charge is 0.378 e. The average Bonchev–Trinajstić information content (AvgIpc) is 3.35. The van der Waals surface area contributed by atoms with Crippen molar-refractivity contribution in [3.05, 3.63) is 71.0 Å². The lowest BCUT2D eigenvalue weighted by molar-refractivity contribution is -0.138. The van der Waals surface area contributed by atoms with E-state index in [2.05, 4.69) is 31.1 Å². The van der Waals surface area contributed by atoms with Crippen LogP contribution in [0.15, 0.2) is 48.5 Å². The molecule has 6 amide bonds. The topological polar surface area (TPSA) is 199 Å². The summed E-state index contributed by atoms with van der Waals surface area (Å²) in [6, 6.07) is 14.7. The van der Waals surface area contributed by atoms with Crippen molar-refractivity contribution in [1.82, 2.24) is 40.4 Å². The zero-order chi connectivity index (χ0) is 45.6. The van der Waals surface area contributed by atoms with Crippen LogP contribution in [-0.4, -0.2) is 132 Å². The molecule has 6 aliphatic rings. The summed E-state index contributed by atoms with van der Waals surface area (Å²) in [5.41, 5.74) is 7.51. The van der Waals surface area contributed by atoms with Gasteiger partial charge < -0.3 is 50.3 Å². The monoisotopic (exact) mass is 900 g/mol. The van der Waals surface area contributed by atoms with E-state index >= 15 is 0 Å². The van der Waals surface area contributed by atoms with Crippen LogP contribution in [0.25, 0.3) is 22.8 Å². The third kappa shape index (κ3) is 9.75. The normalized spacial score (nSPS) is 20.2. The summed E-state index contributed by atoms with van der Waals surface area (Å²) < 4.78 is 11.1. The molecule has 0 spiro atoms. The van der Waals surface area contributed by atoms with Gasteiger partial charge in [-0.25, -0.2) is 29.5 Å². The molecule has 18 heteroatoms. The minimum atomic E-state index is -0.230. The number of rotatable bonds is 8. The summed E-state index contributed by atoms with van der Waals surface area (Å²) in [6.07, 6.45) is 6.47. The van der Waals surface area contributed by atoms with Crippen molar-refractivity contribution in [1.29, 1.82) is 0 Å². The lowest BCUT2D eigenvalue weighted by Crippen LogP contribution is -2.44. The summed E-state index contributed by atoms with van der Waals surface area (Å²) in [5, 5.41) is 11.1. The van der Waals surface area contributed by atoms with E-state index in [4.69, 9.17) is 29.4 Å². The molecule has 6 aliphatic heterocycles. The number of morpholine rings is 2. The van der Waals surface area contributed by atoms with Gasteiger partial charge in [0.1, 0.15) is 11.6 Å². The zero-order valence-corrected chi connectivity index (χ0v) is 37.9. The SMILES string of the molecule is CCNC(=O)Nc1ccc(-c2nc3c(c(N4CCOCC4)n2)CCN2C(=O)CCC[C@@H]32)cc1.CCNC(=O)Nc1ccc(-c2nc3c(c(N4CCOCC4)n2)CCN2C(=O)CCC[C@H]32)cc1. The molecular formula is C48H60N12O6. The second-order valence-corrected chi connectivity index (χ2v) is 17.3. The minimum Gasteiger partial charge on any atom is -0.378 e. The third-order valence-corrected chi connectivity index (χ3v) is 13.1. The maximum Gasteiger partial charge on any atom is 0.319 e. The molecule has 2 aromatic carbocycles. The van der Waals surface area contributed by atoms with Gasteiger partial charge in [0.25, 0.3) is 0 Å². The van der Waals surface area contributed by atoms with Gasteiger partial charge in [-0.3, -0.25) is 9.59 Å². The van der Waals surface area contributed by atoms with Crippen LogP contribution in [0.2, 0.25) is 0 Å². The van der Waals surface area contributed by atoms with E-state index < -0.39 is 0 Å². The number of carbonyl (C=O) groups is 4. The van der Waals surface area contributed by atoms with Crippen molar-refractivity contribution in [3.63, 3.8) is 0 Å². The summed E-state index contributed by atoms with van der Waals surface area (Å²) in [4.78, 5) is 77.4. The Labute approximate surface area is 385 Å². The Morgan fingerprint density at radius 1 is 0.561 bits per heavy atom. The van der Waals surface area contributed by atoms with Gasteiger partial charge in [-0.1, -0.05) is 0 Å². The molecule has 2 atom stereocenters. The molecule has 0 unspecified atom stereocenters. The van der Waals surface area contributed by atoms with Gasteiger partial charge in [0.15, 0.2) is 11.6 Å². The quantitative estimate of drug-likeness (QED) is 0.174. The zero-order valence-electron chi connectivity index (χ0n) is 37.9. The van der Waals surface area contributed by atoms with Crippen molar-refractivity contribution in [3.8, 4) is 22.8 Å². The van der Waals surface area contributed by atoms with Crippen LogP contribution in [-0.2, 0) is 31.9 Å². The Bertz CT molecular complexity index is 2240. The first-order valence-corrected chi connectivity index (χ1v) is 23.6. The number of hydrogen-bond donors (Lipinski definition) is 4. The maximum atomic E-state index is 12.6. The van der Waals surface area contributed by atoms with Crippen LogP contribution < -0.4 is 31.1 Å². The van der Waals surface area contributed by atoms with Crippen LogP contribution >= 0.6 is 0 Å². The van der Waals surface area contributed by atoms with E-state index in [1.54, 1.807) is 0 Å². The van der Waals surface area contributed by atoms with Gasteiger partial charge in [0, 0.05) is 98.8 Å². The Balaban J connectivity index is 0.000000166. The molecule has 8 heterocycles. The molecule has 2 aromatic heterocycles. The first-order valence-electron chi connectivity index (χ1n) is 23.6. The molecule has 0 radical (unpaired) electrons. The first kappa shape index (κ1) is 44.8. The van der Waals surface area contributed by atoms with Crippen LogP contribution in [0.4, 0.5) is 32.6 Å². The highest BCUT2D eigenvalue weighted by Crippen LogP contribution is 2.42. The number of hydrogen-bond acceptors (Lipinski definition) is 12. The molecule has 18 nitrogen and oxygen atoms in total. The van der Waals surface area contributed by atoms with Crippen molar-refractivity contribution in [2.75, 3.05) is 99.2 Å². The summed E-state index contributed by atoms with van der Waals surface area (Å²) in [6.45, 7) is 12.3. The van der Waals surface area contributed by atoms with Crippen molar-refractivity contribution in [2.45, 2.75) is 77.3 Å². The standard InChI is InChI=1S/2C24H30N6O3/c2*1-2-25-24(32)26-17-8-6-16(7-9-17)22-27-21-18(23(28-22)29-12-14-33-15-13-29)10-11-30-19(21)4-3-5-20(30)31/h2*6-9,19H,2-5,10-15H2,1H3,(H2,25,26,32)/t2*19-/m10/s1. The van der Waals surface area contributed by atoms with Crippen LogP contribution in [0, 0.1) is 0 Å². The van der Waals surface area contributed by atoms with E-state index in [1.165, 1.54) is 11.1 Å². The summed E-state index contributed by atoms with van der Waals surface area (Å²) in [5.74, 6) is 3.71. The highest BCUT2D eigenvalue weighted by Gasteiger charge is 2.39. The molecule has 66 heavy (non-hydrogen) atoms. The predicted molar refractivity (Wildman–Crippen MR) is 250 cm³/mol. The number of urea groups is 2. The van der Waals surface area contributed by atoms with E-state index in [0.717, 1.165) is 112 Å². The van der Waals surface area contributed by atoms with Crippen LogP contribution in [0.3, 0.4) is 0 Å². The fourth-order valence-corrected chi connectivity index (χ4v) is 9.85. The van der Waals surface area contributed by atoms with Gasteiger partial charge in [0.2, 0.25) is 11.8 Å². The maximum absolute atomic E-state index is 12.6. The number of nitrogens with zero attached hydrogens (tertiary/aromatic N) is 8. The molecule has 4 aromatic rings. The number of fused-ring (bicyclic) bond motifs is 6. The molecule has 0 aliphatic carbocycles. The van der Waals surface area contributed by atoms with Crippen molar-refractivity contribution < 1.29 is 28.7 Å². The second kappa shape index (κ2) is 20.4. The molecule has 4 saturated heterocycles. The lowest BCUT2D eigenvalue weighted by Gasteiger charge is -2.41. The van der Waals surface area contributed by atoms with E-state index in [-0.39, 0.29) is 36.0 Å². The molecule has 4 N–H and O–H groups in total. The predicted octanol–water partition coefficient (Wildman–Crippen LogP) is 5.46. The van der Waals surface area contributed by atoms with Gasteiger partial charge in [-0.2, -0.15) is 0 Å². The molecule has 0 saturated carbocycles. The molecule has 4 fully saturated rings. The van der Waals surface area contributed by atoms with E-state index in [0.29, 0.717) is 75.4 Å². The number of nitrogens with one attached hydrogen (secondary N) is 4. The van der Waals surface area contributed by atoms with Crippen molar-refractivity contribution >= 4 is 46.9 Å². The minimum absolute atomic E-state index is 0.0234. The third-order valence-electron chi connectivity index (χ3n) is 13.1. The van der Waals surface area contributed by atoms with Gasteiger partial charge in [0.05, 0.1) is 49.9 Å². The van der Waals surface area contributed by atoms with Gasteiger partial charge in [-0.15, -0.1) is 0 Å². The molecule has 0 bridgehead atoms. The van der Waals surface area contributed by atoms with Crippen LogP contribution in [0.1, 0.15) is 87.0 Å². The molecular weight excluding hydrogens is 841 g/mol.